The van der Waals surface area contributed by atoms with Gasteiger partial charge in [0.2, 0.25) is 0 Å². The van der Waals surface area contributed by atoms with Gasteiger partial charge in [0.15, 0.2) is 11.6 Å². The summed E-state index contributed by atoms with van der Waals surface area (Å²) in [4.78, 5) is 31.0. The summed E-state index contributed by atoms with van der Waals surface area (Å²) in [6.45, 7) is 2.22. The standard InChI is InChI=1S/C28H25NO2/c1-2-3-4-5-8-18-11-13-24-21(15-18)12-14-25(29-24)26-27(30)22-16-19-9-6-7-10-20(19)17-23(22)28(26)31/h6-7,9-17,26H,2-5,8H2,1H3. The number of nitrogens with zero attached hydrogens (tertiary/aromatic N) is 1. The van der Waals surface area contributed by atoms with Gasteiger partial charge >= 0.3 is 0 Å². The first-order valence-electron chi connectivity index (χ1n) is 11.2. The molecular weight excluding hydrogens is 382 g/mol. The van der Waals surface area contributed by atoms with Crippen molar-refractivity contribution in [2.75, 3.05) is 0 Å². The van der Waals surface area contributed by atoms with Crippen molar-refractivity contribution in [3.63, 3.8) is 0 Å². The Bertz CT molecular complexity index is 1270. The number of Topliss-reactive ketones (excluding diaryl/α,β-unsaturated/α-hetero) is 2. The molecule has 0 N–H and O–H groups in total. The highest BCUT2D eigenvalue weighted by Crippen LogP contribution is 2.36. The summed E-state index contributed by atoms with van der Waals surface area (Å²) < 4.78 is 0. The molecule has 1 aromatic heterocycles. The number of unbranched alkanes of at least 4 members (excludes halogenated alkanes) is 3. The highest BCUT2D eigenvalue weighted by Gasteiger charge is 2.40. The van der Waals surface area contributed by atoms with E-state index in [1.54, 1.807) is 0 Å². The fraction of sp³-hybridized carbons (Fsp3) is 0.250. The van der Waals surface area contributed by atoms with E-state index in [9.17, 15) is 9.59 Å². The molecule has 0 atom stereocenters. The average molecular weight is 408 g/mol. The molecule has 0 fully saturated rings. The van der Waals surface area contributed by atoms with Crippen molar-refractivity contribution in [3.8, 4) is 0 Å². The van der Waals surface area contributed by atoms with E-state index in [1.165, 1.54) is 31.2 Å². The maximum absolute atomic E-state index is 13.2. The molecule has 1 aliphatic carbocycles. The Balaban J connectivity index is 1.45. The van der Waals surface area contributed by atoms with E-state index in [4.69, 9.17) is 4.98 Å². The van der Waals surface area contributed by atoms with Gasteiger partial charge in [0.25, 0.3) is 0 Å². The van der Waals surface area contributed by atoms with Gasteiger partial charge in [-0.1, -0.05) is 62.6 Å². The van der Waals surface area contributed by atoms with Crippen molar-refractivity contribution in [2.24, 2.45) is 0 Å². The quantitative estimate of drug-likeness (QED) is 0.265. The number of carbonyl (C=O) groups is 2. The normalized spacial score (nSPS) is 14.0. The Morgan fingerprint density at radius 1 is 0.742 bits per heavy atom. The first-order chi connectivity index (χ1) is 15.2. The monoisotopic (exact) mass is 407 g/mol. The molecule has 0 saturated carbocycles. The van der Waals surface area contributed by atoms with Crippen molar-refractivity contribution in [3.05, 3.63) is 89.1 Å². The number of hydrogen-bond donors (Lipinski definition) is 0. The maximum atomic E-state index is 13.2. The molecule has 1 aliphatic rings. The van der Waals surface area contributed by atoms with Gasteiger partial charge in [-0.05, 0) is 59.5 Å². The predicted molar refractivity (Wildman–Crippen MR) is 125 cm³/mol. The van der Waals surface area contributed by atoms with Crippen molar-refractivity contribution >= 4 is 33.2 Å². The van der Waals surface area contributed by atoms with E-state index in [0.717, 1.165) is 28.1 Å². The third-order valence-electron chi connectivity index (χ3n) is 6.33. The minimum absolute atomic E-state index is 0.148. The lowest BCUT2D eigenvalue weighted by Gasteiger charge is -2.09. The first kappa shape index (κ1) is 19.6. The summed E-state index contributed by atoms with van der Waals surface area (Å²) in [6.07, 6.45) is 6.04. The Hall–Kier alpha value is -3.33. The van der Waals surface area contributed by atoms with Crippen LogP contribution in [0.25, 0.3) is 21.7 Å². The zero-order valence-electron chi connectivity index (χ0n) is 17.7. The number of aryl methyl sites for hydroxylation is 1. The van der Waals surface area contributed by atoms with Crippen LogP contribution in [0.4, 0.5) is 0 Å². The third-order valence-corrected chi connectivity index (χ3v) is 6.33. The molecule has 3 aromatic carbocycles. The van der Waals surface area contributed by atoms with E-state index >= 15 is 0 Å². The van der Waals surface area contributed by atoms with E-state index in [2.05, 4.69) is 19.1 Å². The lowest BCUT2D eigenvalue weighted by atomic mass is 9.97. The molecule has 0 amide bonds. The molecule has 0 unspecified atom stereocenters. The molecule has 5 rings (SSSR count). The molecule has 0 bridgehead atoms. The van der Waals surface area contributed by atoms with Crippen LogP contribution in [0, 0.1) is 0 Å². The van der Waals surface area contributed by atoms with Crippen LogP contribution in [0.5, 0.6) is 0 Å². The van der Waals surface area contributed by atoms with Crippen LogP contribution in [-0.4, -0.2) is 16.6 Å². The van der Waals surface area contributed by atoms with Crippen LogP contribution in [0.2, 0.25) is 0 Å². The SMILES string of the molecule is CCCCCCc1ccc2nc(C3C(=O)c4cc5ccccc5cc4C3=O)ccc2c1. The van der Waals surface area contributed by atoms with Crippen molar-refractivity contribution < 1.29 is 9.59 Å². The second kappa shape index (κ2) is 8.07. The molecule has 154 valence electrons. The molecule has 0 spiro atoms. The molecule has 3 nitrogen and oxygen atoms in total. The molecule has 1 heterocycles. The number of hydrogen-bond acceptors (Lipinski definition) is 3. The number of aromatic nitrogens is 1. The van der Waals surface area contributed by atoms with Crippen LogP contribution in [0.1, 0.15) is 70.5 Å². The average Bonchev–Trinajstić information content (AvgIpc) is 3.04. The minimum atomic E-state index is -0.843. The lowest BCUT2D eigenvalue weighted by Crippen LogP contribution is -2.14. The Morgan fingerprint density at radius 2 is 1.45 bits per heavy atom. The van der Waals surface area contributed by atoms with Crippen molar-refractivity contribution in [2.45, 2.75) is 44.9 Å². The second-order valence-corrected chi connectivity index (χ2v) is 8.48. The number of ketones is 2. The zero-order valence-corrected chi connectivity index (χ0v) is 17.7. The van der Waals surface area contributed by atoms with Gasteiger partial charge in [-0.25, -0.2) is 0 Å². The number of carbonyl (C=O) groups excluding carboxylic acids is 2. The van der Waals surface area contributed by atoms with Crippen LogP contribution in [0.3, 0.4) is 0 Å². The van der Waals surface area contributed by atoms with Gasteiger partial charge in [0, 0.05) is 16.5 Å². The van der Waals surface area contributed by atoms with E-state index in [0.29, 0.717) is 16.8 Å². The Labute approximate surface area is 182 Å². The van der Waals surface area contributed by atoms with Gasteiger partial charge in [-0.3, -0.25) is 14.6 Å². The van der Waals surface area contributed by atoms with Gasteiger partial charge in [0.1, 0.15) is 5.92 Å². The summed E-state index contributed by atoms with van der Waals surface area (Å²) in [7, 11) is 0. The number of benzene rings is 3. The van der Waals surface area contributed by atoms with Crippen LogP contribution >= 0.6 is 0 Å². The summed E-state index contributed by atoms with van der Waals surface area (Å²) >= 11 is 0. The second-order valence-electron chi connectivity index (χ2n) is 8.48. The summed E-state index contributed by atoms with van der Waals surface area (Å²) in [6, 6.07) is 21.6. The highest BCUT2D eigenvalue weighted by molar-refractivity contribution is 6.30. The van der Waals surface area contributed by atoms with E-state index < -0.39 is 5.92 Å². The Kier molecular flexibility index (Phi) is 5.11. The lowest BCUT2D eigenvalue weighted by molar-refractivity contribution is 0.0888. The number of rotatable bonds is 6. The minimum Gasteiger partial charge on any atom is -0.293 e. The number of fused-ring (bicyclic) bond motifs is 3. The summed E-state index contributed by atoms with van der Waals surface area (Å²) in [5.74, 6) is -1.14. The van der Waals surface area contributed by atoms with Crippen LogP contribution < -0.4 is 0 Å². The zero-order chi connectivity index (χ0) is 21.4. The molecule has 0 saturated heterocycles. The fourth-order valence-electron chi connectivity index (χ4n) is 4.61. The topological polar surface area (TPSA) is 47.0 Å². The smallest absolute Gasteiger partial charge is 0.180 e. The van der Waals surface area contributed by atoms with E-state index in [1.807, 2.05) is 54.6 Å². The molecule has 31 heavy (non-hydrogen) atoms. The maximum Gasteiger partial charge on any atom is 0.180 e. The van der Waals surface area contributed by atoms with Gasteiger partial charge in [0.05, 0.1) is 11.2 Å². The van der Waals surface area contributed by atoms with Crippen molar-refractivity contribution in [1.82, 2.24) is 4.98 Å². The number of pyridine rings is 1. The third kappa shape index (κ3) is 3.54. The molecular formula is C28H25NO2. The molecule has 0 radical (unpaired) electrons. The summed E-state index contributed by atoms with van der Waals surface area (Å²) in [5.41, 5.74) is 3.70. The first-order valence-corrected chi connectivity index (χ1v) is 11.2. The van der Waals surface area contributed by atoms with Crippen molar-refractivity contribution in [1.29, 1.82) is 0 Å². The van der Waals surface area contributed by atoms with E-state index in [-0.39, 0.29) is 11.6 Å². The molecule has 3 heteroatoms. The Morgan fingerprint density at radius 3 is 2.13 bits per heavy atom. The van der Waals surface area contributed by atoms with Gasteiger partial charge < -0.3 is 0 Å². The fourth-order valence-corrected chi connectivity index (χ4v) is 4.61. The van der Waals surface area contributed by atoms with Gasteiger partial charge in [-0.2, -0.15) is 0 Å². The molecule has 4 aromatic rings. The van der Waals surface area contributed by atoms with Crippen LogP contribution in [-0.2, 0) is 6.42 Å². The molecule has 0 aliphatic heterocycles. The highest BCUT2D eigenvalue weighted by atomic mass is 16.2. The van der Waals surface area contributed by atoms with Gasteiger partial charge in [-0.15, -0.1) is 0 Å². The predicted octanol–water partition coefficient (Wildman–Crippen LogP) is 6.67. The van der Waals surface area contributed by atoms with Crippen LogP contribution in [0.15, 0.2) is 66.7 Å². The largest absolute Gasteiger partial charge is 0.293 e. The summed E-state index contributed by atoms with van der Waals surface area (Å²) in [5, 5.41) is 3.00.